The number of hydrogen-bond acceptors (Lipinski definition) is 3. The zero-order valence-corrected chi connectivity index (χ0v) is 12.9. The van der Waals surface area contributed by atoms with E-state index in [0.29, 0.717) is 5.92 Å². The summed E-state index contributed by atoms with van der Waals surface area (Å²) in [5.41, 5.74) is 1.11. The largest absolute Gasteiger partial charge is 0.310 e. The average molecular weight is 297 g/mol. The Kier molecular flexibility index (Phi) is 6.08. The third kappa shape index (κ3) is 4.44. The van der Waals surface area contributed by atoms with Gasteiger partial charge in [0.15, 0.2) is 0 Å². The Morgan fingerprint density at radius 2 is 2.16 bits per heavy atom. The first-order chi connectivity index (χ1) is 9.33. The van der Waals surface area contributed by atoms with E-state index >= 15 is 0 Å². The number of nitrogens with one attached hydrogen (secondary N) is 1. The zero-order valence-electron chi connectivity index (χ0n) is 11.4. The zero-order chi connectivity index (χ0) is 13.5. The van der Waals surface area contributed by atoms with Crippen LogP contribution in [0.1, 0.15) is 31.2 Å². The molecule has 1 N–H and O–H groups in total. The highest BCUT2D eigenvalue weighted by atomic mass is 35.5. The summed E-state index contributed by atoms with van der Waals surface area (Å²) < 4.78 is 1.27. The molecule has 1 atom stereocenters. The van der Waals surface area contributed by atoms with Crippen molar-refractivity contribution in [2.45, 2.75) is 32.7 Å². The number of rotatable bonds is 8. The number of para-hydroxylation sites is 1. The van der Waals surface area contributed by atoms with Crippen LogP contribution in [0.5, 0.6) is 0 Å². The molecular formula is C15H21ClN2S. The van der Waals surface area contributed by atoms with Crippen molar-refractivity contribution in [2.24, 2.45) is 5.92 Å². The SMILES string of the molecule is CCCC(CCCl)CNCc1nc2ccccc2s1. The summed E-state index contributed by atoms with van der Waals surface area (Å²) in [6.07, 6.45) is 3.58. The van der Waals surface area contributed by atoms with Crippen molar-refractivity contribution in [1.82, 2.24) is 10.3 Å². The lowest BCUT2D eigenvalue weighted by molar-refractivity contribution is 0.430. The van der Waals surface area contributed by atoms with Gasteiger partial charge >= 0.3 is 0 Å². The second-order valence-corrected chi connectivity index (χ2v) is 6.33. The molecule has 0 saturated carbocycles. The van der Waals surface area contributed by atoms with Gasteiger partial charge in [-0.15, -0.1) is 22.9 Å². The molecule has 0 aliphatic heterocycles. The summed E-state index contributed by atoms with van der Waals surface area (Å²) >= 11 is 7.62. The molecular weight excluding hydrogens is 276 g/mol. The van der Waals surface area contributed by atoms with Crippen LogP contribution in [-0.2, 0) is 6.54 Å². The van der Waals surface area contributed by atoms with Crippen LogP contribution in [0, 0.1) is 5.92 Å². The van der Waals surface area contributed by atoms with E-state index < -0.39 is 0 Å². The maximum atomic E-state index is 5.84. The van der Waals surface area contributed by atoms with E-state index in [1.165, 1.54) is 22.5 Å². The topological polar surface area (TPSA) is 24.9 Å². The summed E-state index contributed by atoms with van der Waals surface area (Å²) in [5.74, 6) is 1.45. The van der Waals surface area contributed by atoms with E-state index in [1.807, 2.05) is 6.07 Å². The van der Waals surface area contributed by atoms with Gasteiger partial charge in [-0.25, -0.2) is 4.98 Å². The molecule has 1 aromatic carbocycles. The molecule has 0 fully saturated rings. The second kappa shape index (κ2) is 7.83. The Bertz CT molecular complexity index is 459. The fourth-order valence-electron chi connectivity index (χ4n) is 2.29. The van der Waals surface area contributed by atoms with Gasteiger partial charge in [-0.2, -0.15) is 0 Å². The van der Waals surface area contributed by atoms with E-state index in [-0.39, 0.29) is 0 Å². The van der Waals surface area contributed by atoms with Crippen LogP contribution < -0.4 is 5.32 Å². The van der Waals surface area contributed by atoms with E-state index in [1.54, 1.807) is 11.3 Å². The standard InChI is InChI=1S/C15H21ClN2S/c1-2-5-12(8-9-16)10-17-11-15-18-13-6-3-4-7-14(13)19-15/h3-4,6-7,12,17H,2,5,8-11H2,1H3. The lowest BCUT2D eigenvalue weighted by Gasteiger charge is -2.14. The Morgan fingerprint density at radius 3 is 2.89 bits per heavy atom. The van der Waals surface area contributed by atoms with Crippen molar-refractivity contribution in [1.29, 1.82) is 0 Å². The van der Waals surface area contributed by atoms with E-state index in [0.717, 1.165) is 30.9 Å². The monoisotopic (exact) mass is 296 g/mol. The minimum atomic E-state index is 0.692. The molecule has 1 unspecified atom stereocenters. The van der Waals surface area contributed by atoms with Crippen LogP contribution in [0.2, 0.25) is 0 Å². The van der Waals surface area contributed by atoms with E-state index in [4.69, 9.17) is 11.6 Å². The third-order valence-electron chi connectivity index (χ3n) is 3.26. The van der Waals surface area contributed by atoms with Crippen molar-refractivity contribution in [3.05, 3.63) is 29.3 Å². The number of halogens is 1. The van der Waals surface area contributed by atoms with Gasteiger partial charge in [0, 0.05) is 12.4 Å². The minimum Gasteiger partial charge on any atom is -0.310 e. The smallest absolute Gasteiger partial charge is 0.108 e. The van der Waals surface area contributed by atoms with E-state index in [9.17, 15) is 0 Å². The Morgan fingerprint density at radius 1 is 1.32 bits per heavy atom. The highest BCUT2D eigenvalue weighted by Gasteiger charge is 2.08. The van der Waals surface area contributed by atoms with Gasteiger partial charge in [0.05, 0.1) is 10.2 Å². The molecule has 1 heterocycles. The van der Waals surface area contributed by atoms with Crippen LogP contribution in [0.4, 0.5) is 0 Å². The molecule has 1 aromatic heterocycles. The van der Waals surface area contributed by atoms with Gasteiger partial charge < -0.3 is 5.32 Å². The highest BCUT2D eigenvalue weighted by Crippen LogP contribution is 2.21. The van der Waals surface area contributed by atoms with Crippen LogP contribution in [0.15, 0.2) is 24.3 Å². The fourth-order valence-corrected chi connectivity index (χ4v) is 3.54. The van der Waals surface area contributed by atoms with E-state index in [2.05, 4.69) is 35.4 Å². The average Bonchev–Trinajstić information content (AvgIpc) is 2.82. The third-order valence-corrected chi connectivity index (χ3v) is 4.52. The van der Waals surface area contributed by atoms with Crippen molar-refractivity contribution in [2.75, 3.05) is 12.4 Å². The Hall–Kier alpha value is -0.640. The molecule has 104 valence electrons. The first kappa shape index (κ1) is 14.8. The quantitative estimate of drug-likeness (QED) is 0.729. The predicted molar refractivity (Wildman–Crippen MR) is 85.1 cm³/mol. The summed E-state index contributed by atoms with van der Waals surface area (Å²) in [6, 6.07) is 8.30. The van der Waals surface area contributed by atoms with Gasteiger partial charge in [-0.05, 0) is 37.4 Å². The second-order valence-electron chi connectivity index (χ2n) is 4.84. The normalized spacial score (nSPS) is 12.9. The van der Waals surface area contributed by atoms with Crippen LogP contribution in [0.25, 0.3) is 10.2 Å². The predicted octanol–water partition coefficient (Wildman–Crippen LogP) is 4.43. The number of alkyl halides is 1. The van der Waals surface area contributed by atoms with Gasteiger partial charge in [0.25, 0.3) is 0 Å². The molecule has 4 heteroatoms. The molecule has 0 bridgehead atoms. The minimum absolute atomic E-state index is 0.692. The van der Waals surface area contributed by atoms with Crippen LogP contribution in [-0.4, -0.2) is 17.4 Å². The first-order valence-electron chi connectivity index (χ1n) is 6.94. The molecule has 0 spiro atoms. The molecule has 2 rings (SSSR count). The summed E-state index contributed by atoms with van der Waals surface area (Å²) in [4.78, 5) is 4.63. The number of thiazole rings is 1. The lowest BCUT2D eigenvalue weighted by atomic mass is 10.0. The maximum Gasteiger partial charge on any atom is 0.108 e. The molecule has 19 heavy (non-hydrogen) atoms. The molecule has 0 saturated heterocycles. The number of hydrogen-bond donors (Lipinski definition) is 1. The first-order valence-corrected chi connectivity index (χ1v) is 8.29. The number of nitrogens with zero attached hydrogens (tertiary/aromatic N) is 1. The van der Waals surface area contributed by atoms with Crippen molar-refractivity contribution >= 4 is 33.2 Å². The van der Waals surface area contributed by atoms with Crippen molar-refractivity contribution in [3.8, 4) is 0 Å². The molecule has 0 aliphatic carbocycles. The lowest BCUT2D eigenvalue weighted by Crippen LogP contribution is -2.22. The molecule has 0 amide bonds. The number of benzene rings is 1. The summed E-state index contributed by atoms with van der Waals surface area (Å²) in [5, 5.41) is 4.69. The van der Waals surface area contributed by atoms with Gasteiger partial charge in [0.1, 0.15) is 5.01 Å². The van der Waals surface area contributed by atoms with Gasteiger partial charge in [0.2, 0.25) is 0 Å². The summed E-state index contributed by atoms with van der Waals surface area (Å²) in [6.45, 7) is 4.13. The van der Waals surface area contributed by atoms with Crippen LogP contribution >= 0.6 is 22.9 Å². The maximum absolute atomic E-state index is 5.84. The highest BCUT2D eigenvalue weighted by molar-refractivity contribution is 7.18. The molecule has 2 nitrogen and oxygen atoms in total. The van der Waals surface area contributed by atoms with Gasteiger partial charge in [-0.3, -0.25) is 0 Å². The van der Waals surface area contributed by atoms with Crippen LogP contribution in [0.3, 0.4) is 0 Å². The Balaban J connectivity index is 1.84. The van der Waals surface area contributed by atoms with Crippen molar-refractivity contribution in [3.63, 3.8) is 0 Å². The molecule has 0 aliphatic rings. The number of fused-ring (bicyclic) bond motifs is 1. The molecule has 2 aromatic rings. The molecule has 0 radical (unpaired) electrons. The Labute approximate surface area is 124 Å². The van der Waals surface area contributed by atoms with Crippen molar-refractivity contribution < 1.29 is 0 Å². The summed E-state index contributed by atoms with van der Waals surface area (Å²) in [7, 11) is 0. The number of aromatic nitrogens is 1. The fraction of sp³-hybridized carbons (Fsp3) is 0.533. The van der Waals surface area contributed by atoms with Gasteiger partial charge in [-0.1, -0.05) is 25.5 Å².